The van der Waals surface area contributed by atoms with Crippen molar-refractivity contribution in [3.05, 3.63) is 80.9 Å². The van der Waals surface area contributed by atoms with E-state index in [1.807, 2.05) is 36.4 Å². The third kappa shape index (κ3) is 2.91. The lowest BCUT2D eigenvalue weighted by Crippen LogP contribution is -1.99. The highest BCUT2D eigenvalue weighted by molar-refractivity contribution is 5.70. The Morgan fingerprint density at radius 2 is 0.955 bits per heavy atom. The Bertz CT molecular complexity index is 852. The predicted molar refractivity (Wildman–Crippen MR) is 83.9 cm³/mol. The van der Waals surface area contributed by atoms with Crippen molar-refractivity contribution < 1.29 is 8.83 Å². The Hall–Kier alpha value is -2.88. The van der Waals surface area contributed by atoms with Crippen LogP contribution in [0.1, 0.15) is 11.5 Å². The molecule has 22 heavy (non-hydrogen) atoms. The molecule has 0 saturated heterocycles. The normalized spacial score (nSPS) is 10.6. The van der Waals surface area contributed by atoms with E-state index in [0.29, 0.717) is 11.5 Å². The summed E-state index contributed by atoms with van der Waals surface area (Å²) in [6, 6.07) is 14.2. The van der Waals surface area contributed by atoms with Gasteiger partial charge in [-0.2, -0.15) is 0 Å². The van der Waals surface area contributed by atoms with Crippen LogP contribution >= 0.6 is 0 Å². The van der Waals surface area contributed by atoms with Crippen molar-refractivity contribution in [3.63, 3.8) is 0 Å². The number of rotatable bonds is 2. The van der Waals surface area contributed by atoms with E-state index in [9.17, 15) is 9.59 Å². The lowest BCUT2D eigenvalue weighted by Gasteiger charge is -2.05. The average Bonchev–Trinajstić information content (AvgIpc) is 2.45. The highest BCUT2D eigenvalue weighted by Crippen LogP contribution is 2.24. The monoisotopic (exact) mass is 294 g/mol. The Kier molecular flexibility index (Phi) is 3.51. The summed E-state index contributed by atoms with van der Waals surface area (Å²) < 4.78 is 9.92. The molecule has 0 fully saturated rings. The SMILES string of the molecule is Cc1cc(-c2ccc(-c3cc(C)oc(=O)c3)cc2)cc(=O)o1. The molecular formula is C18H14O4. The minimum Gasteiger partial charge on any atom is -0.428 e. The second-order valence-corrected chi connectivity index (χ2v) is 5.13. The van der Waals surface area contributed by atoms with Crippen LogP contribution in [0.15, 0.2) is 67.0 Å². The van der Waals surface area contributed by atoms with E-state index in [1.165, 1.54) is 12.1 Å². The van der Waals surface area contributed by atoms with Crippen molar-refractivity contribution >= 4 is 0 Å². The topological polar surface area (TPSA) is 60.4 Å². The van der Waals surface area contributed by atoms with Crippen LogP contribution in [-0.4, -0.2) is 0 Å². The van der Waals surface area contributed by atoms with Gasteiger partial charge in [0.05, 0.1) is 0 Å². The van der Waals surface area contributed by atoms with Crippen LogP contribution in [0.2, 0.25) is 0 Å². The number of hydrogen-bond donors (Lipinski definition) is 0. The zero-order chi connectivity index (χ0) is 15.7. The zero-order valence-corrected chi connectivity index (χ0v) is 12.3. The van der Waals surface area contributed by atoms with Crippen molar-refractivity contribution in [2.45, 2.75) is 13.8 Å². The summed E-state index contributed by atoms with van der Waals surface area (Å²) in [5.41, 5.74) is 2.72. The number of hydrogen-bond acceptors (Lipinski definition) is 4. The molecule has 0 amide bonds. The molecule has 1 aromatic carbocycles. The van der Waals surface area contributed by atoms with Crippen molar-refractivity contribution in [2.75, 3.05) is 0 Å². The van der Waals surface area contributed by atoms with Crippen LogP contribution in [0.5, 0.6) is 0 Å². The lowest BCUT2D eigenvalue weighted by atomic mass is 10.0. The van der Waals surface area contributed by atoms with Crippen LogP contribution in [0.25, 0.3) is 22.3 Å². The van der Waals surface area contributed by atoms with Crippen LogP contribution in [-0.2, 0) is 0 Å². The van der Waals surface area contributed by atoms with Crippen molar-refractivity contribution in [3.8, 4) is 22.3 Å². The first-order valence-electron chi connectivity index (χ1n) is 6.86. The second-order valence-electron chi connectivity index (χ2n) is 5.13. The van der Waals surface area contributed by atoms with Gasteiger partial charge in [0.25, 0.3) is 0 Å². The second kappa shape index (κ2) is 5.48. The standard InChI is InChI=1S/C18H14O4/c1-11-7-15(9-17(19)21-11)13-3-5-14(6-4-13)16-8-12(2)22-18(20)10-16/h3-10H,1-2H3. The molecule has 4 heteroatoms. The minimum atomic E-state index is -0.365. The zero-order valence-electron chi connectivity index (χ0n) is 12.3. The molecule has 0 saturated carbocycles. The summed E-state index contributed by atoms with van der Waals surface area (Å²) in [5, 5.41) is 0. The molecule has 2 heterocycles. The summed E-state index contributed by atoms with van der Waals surface area (Å²) in [5.74, 6) is 1.14. The third-order valence-corrected chi connectivity index (χ3v) is 3.34. The summed E-state index contributed by atoms with van der Waals surface area (Å²) in [7, 11) is 0. The fraction of sp³-hybridized carbons (Fsp3) is 0.111. The molecule has 4 nitrogen and oxygen atoms in total. The van der Waals surface area contributed by atoms with Gasteiger partial charge in [0.15, 0.2) is 0 Å². The van der Waals surface area contributed by atoms with E-state index < -0.39 is 0 Å². The lowest BCUT2D eigenvalue weighted by molar-refractivity contribution is 0.480. The van der Waals surface area contributed by atoms with Crippen LogP contribution in [0, 0.1) is 13.8 Å². The van der Waals surface area contributed by atoms with Gasteiger partial charge in [-0.15, -0.1) is 0 Å². The van der Waals surface area contributed by atoms with E-state index in [0.717, 1.165) is 22.3 Å². The molecule has 0 bridgehead atoms. The molecule has 0 spiro atoms. The van der Waals surface area contributed by atoms with Crippen molar-refractivity contribution in [1.29, 1.82) is 0 Å². The van der Waals surface area contributed by atoms with Crippen molar-refractivity contribution in [2.24, 2.45) is 0 Å². The van der Waals surface area contributed by atoms with E-state index in [-0.39, 0.29) is 11.3 Å². The van der Waals surface area contributed by atoms with Gasteiger partial charge in [-0.3, -0.25) is 0 Å². The molecule has 0 radical (unpaired) electrons. The van der Waals surface area contributed by atoms with E-state index in [2.05, 4.69) is 0 Å². The maximum Gasteiger partial charge on any atom is 0.336 e. The summed E-state index contributed by atoms with van der Waals surface area (Å²) >= 11 is 0. The minimum absolute atomic E-state index is 0.365. The Morgan fingerprint density at radius 3 is 1.27 bits per heavy atom. The average molecular weight is 294 g/mol. The van der Waals surface area contributed by atoms with E-state index in [4.69, 9.17) is 8.83 Å². The first-order chi connectivity index (χ1) is 10.5. The summed E-state index contributed by atoms with van der Waals surface area (Å²) in [6.07, 6.45) is 0. The molecule has 3 aromatic rings. The molecule has 0 unspecified atom stereocenters. The fourth-order valence-electron chi connectivity index (χ4n) is 2.40. The quantitative estimate of drug-likeness (QED) is 0.725. The predicted octanol–water partition coefficient (Wildman–Crippen LogP) is 3.54. The Labute approximate surface area is 126 Å². The number of benzene rings is 1. The van der Waals surface area contributed by atoms with Crippen LogP contribution in [0.3, 0.4) is 0 Å². The molecule has 0 aliphatic heterocycles. The van der Waals surface area contributed by atoms with Crippen molar-refractivity contribution in [1.82, 2.24) is 0 Å². The summed E-state index contributed by atoms with van der Waals surface area (Å²) in [4.78, 5) is 22.9. The maximum atomic E-state index is 11.4. The molecule has 110 valence electrons. The Balaban J connectivity index is 2.02. The fourth-order valence-corrected chi connectivity index (χ4v) is 2.40. The van der Waals surface area contributed by atoms with Gasteiger partial charge in [-0.05, 0) is 48.2 Å². The third-order valence-electron chi connectivity index (χ3n) is 3.34. The first-order valence-corrected chi connectivity index (χ1v) is 6.86. The van der Waals surface area contributed by atoms with Crippen LogP contribution in [0.4, 0.5) is 0 Å². The molecule has 0 aliphatic rings. The highest BCUT2D eigenvalue weighted by atomic mass is 16.4. The molecule has 2 aromatic heterocycles. The van der Waals surface area contributed by atoms with E-state index >= 15 is 0 Å². The van der Waals surface area contributed by atoms with Gasteiger partial charge < -0.3 is 8.83 Å². The molecular weight excluding hydrogens is 280 g/mol. The van der Waals surface area contributed by atoms with Gasteiger partial charge in [0.1, 0.15) is 11.5 Å². The largest absolute Gasteiger partial charge is 0.428 e. The van der Waals surface area contributed by atoms with E-state index in [1.54, 1.807) is 13.8 Å². The molecule has 3 rings (SSSR count). The number of aryl methyl sites for hydroxylation is 2. The van der Waals surface area contributed by atoms with Gasteiger partial charge in [-0.25, -0.2) is 9.59 Å². The van der Waals surface area contributed by atoms with Crippen LogP contribution < -0.4 is 11.3 Å². The molecule has 0 atom stereocenters. The highest BCUT2D eigenvalue weighted by Gasteiger charge is 2.05. The molecule has 0 aliphatic carbocycles. The molecule has 0 N–H and O–H groups in total. The maximum absolute atomic E-state index is 11.4. The first kappa shape index (κ1) is 14.1. The smallest absolute Gasteiger partial charge is 0.336 e. The van der Waals surface area contributed by atoms with Gasteiger partial charge >= 0.3 is 11.3 Å². The summed E-state index contributed by atoms with van der Waals surface area (Å²) in [6.45, 7) is 3.48. The van der Waals surface area contributed by atoms with Gasteiger partial charge in [-0.1, -0.05) is 24.3 Å². The Morgan fingerprint density at radius 1 is 0.591 bits per heavy atom. The van der Waals surface area contributed by atoms with Gasteiger partial charge in [0.2, 0.25) is 0 Å². The van der Waals surface area contributed by atoms with Gasteiger partial charge in [0, 0.05) is 12.1 Å².